The molecular weight excluding hydrogens is 182 g/mol. The summed E-state index contributed by atoms with van der Waals surface area (Å²) in [5.41, 5.74) is -0.567. The lowest BCUT2D eigenvalue weighted by Crippen LogP contribution is -2.23. The van der Waals surface area contributed by atoms with Gasteiger partial charge in [-0.1, -0.05) is 6.07 Å². The molecule has 1 radical (unpaired) electrons. The van der Waals surface area contributed by atoms with Crippen LogP contribution in [0.25, 0.3) is 0 Å². The van der Waals surface area contributed by atoms with Crippen molar-refractivity contribution in [2.45, 2.75) is 26.4 Å². The third-order valence-corrected chi connectivity index (χ3v) is 1.40. The summed E-state index contributed by atoms with van der Waals surface area (Å²) >= 11 is 0. The van der Waals surface area contributed by atoms with Crippen LogP contribution in [0.3, 0.4) is 0 Å². The van der Waals surface area contributed by atoms with E-state index in [2.05, 4.69) is 6.07 Å². The van der Waals surface area contributed by atoms with Gasteiger partial charge in [0, 0.05) is 0 Å². The lowest BCUT2D eigenvalue weighted by atomic mass is 10.2. The Labute approximate surface area is 82.7 Å². The quantitative estimate of drug-likeness (QED) is 0.537. The molecule has 1 aromatic rings. The molecule has 0 saturated heterocycles. The average Bonchev–Trinajstić information content (AvgIpc) is 2.01. The number of para-hydroxylation sites is 1. The van der Waals surface area contributed by atoms with Crippen LogP contribution in [0.15, 0.2) is 18.2 Å². The van der Waals surface area contributed by atoms with Crippen LogP contribution in [-0.2, 0) is 0 Å². The molecule has 0 heterocycles. The molecule has 1 aromatic carbocycles. The van der Waals surface area contributed by atoms with Crippen molar-refractivity contribution in [2.24, 2.45) is 0 Å². The number of hydrogen-bond donors (Lipinski definition) is 0. The van der Waals surface area contributed by atoms with E-state index >= 15 is 0 Å². The summed E-state index contributed by atoms with van der Waals surface area (Å²) in [7, 11) is 0. The highest BCUT2D eigenvalue weighted by Crippen LogP contribution is 2.28. The van der Waals surface area contributed by atoms with E-state index < -0.39 is 10.5 Å². The zero-order chi connectivity index (χ0) is 10.8. The van der Waals surface area contributed by atoms with Crippen molar-refractivity contribution in [1.82, 2.24) is 0 Å². The average molecular weight is 194 g/mol. The summed E-state index contributed by atoms with van der Waals surface area (Å²) in [6.45, 7) is 5.51. The summed E-state index contributed by atoms with van der Waals surface area (Å²) in [5, 5.41) is 10.6. The van der Waals surface area contributed by atoms with Crippen molar-refractivity contribution in [3.8, 4) is 5.75 Å². The van der Waals surface area contributed by atoms with Crippen LogP contribution < -0.4 is 4.74 Å². The third-order valence-electron chi connectivity index (χ3n) is 1.40. The lowest BCUT2D eigenvalue weighted by molar-refractivity contribution is -0.386. The number of ether oxygens (including phenoxy) is 1. The van der Waals surface area contributed by atoms with Gasteiger partial charge in [0.1, 0.15) is 5.60 Å². The van der Waals surface area contributed by atoms with Gasteiger partial charge in [0.05, 0.1) is 11.0 Å². The maximum absolute atomic E-state index is 10.6. The van der Waals surface area contributed by atoms with E-state index in [1.54, 1.807) is 12.1 Å². The van der Waals surface area contributed by atoms with Crippen molar-refractivity contribution in [3.05, 3.63) is 34.4 Å². The van der Waals surface area contributed by atoms with Crippen molar-refractivity contribution in [3.63, 3.8) is 0 Å². The van der Waals surface area contributed by atoms with E-state index in [4.69, 9.17) is 4.74 Å². The molecule has 0 aliphatic rings. The Hall–Kier alpha value is -1.58. The molecule has 4 heteroatoms. The lowest BCUT2D eigenvalue weighted by Gasteiger charge is -2.20. The number of hydrogen-bond acceptors (Lipinski definition) is 3. The monoisotopic (exact) mass is 194 g/mol. The van der Waals surface area contributed by atoms with Crippen LogP contribution in [0.5, 0.6) is 5.75 Å². The standard InChI is InChI=1S/C10H12NO3/c1-10(2,3)14-9-7-5-4-6-8(9)11(12)13/h4-5,7H,1-3H3. The zero-order valence-corrected chi connectivity index (χ0v) is 8.40. The van der Waals surface area contributed by atoms with Crippen LogP contribution in [-0.4, -0.2) is 10.5 Å². The Kier molecular flexibility index (Phi) is 2.74. The molecule has 0 unspecified atom stereocenters. The van der Waals surface area contributed by atoms with Gasteiger partial charge >= 0.3 is 5.69 Å². The highest BCUT2D eigenvalue weighted by atomic mass is 16.6. The summed E-state index contributed by atoms with van der Waals surface area (Å²) in [4.78, 5) is 10.1. The second kappa shape index (κ2) is 3.65. The molecule has 0 saturated carbocycles. The Morgan fingerprint density at radius 2 is 2.14 bits per heavy atom. The minimum atomic E-state index is -0.499. The van der Waals surface area contributed by atoms with Gasteiger partial charge in [0.25, 0.3) is 0 Å². The normalized spacial score (nSPS) is 11.1. The number of nitrogens with zero attached hydrogens (tertiary/aromatic N) is 1. The second-order valence-corrected chi connectivity index (χ2v) is 3.85. The molecule has 0 aliphatic heterocycles. The highest BCUT2D eigenvalue weighted by molar-refractivity contribution is 5.44. The Morgan fingerprint density at radius 1 is 1.50 bits per heavy atom. The van der Waals surface area contributed by atoms with Gasteiger partial charge in [-0.25, -0.2) is 0 Å². The van der Waals surface area contributed by atoms with Crippen LogP contribution in [0.1, 0.15) is 20.8 Å². The predicted octanol–water partition coefficient (Wildman–Crippen LogP) is 2.57. The number of rotatable bonds is 2. The molecule has 0 aromatic heterocycles. The number of nitro benzene ring substituents is 1. The van der Waals surface area contributed by atoms with Gasteiger partial charge < -0.3 is 4.74 Å². The van der Waals surface area contributed by atoms with Gasteiger partial charge in [-0.05, 0) is 32.9 Å². The van der Waals surface area contributed by atoms with E-state index in [9.17, 15) is 10.1 Å². The van der Waals surface area contributed by atoms with E-state index in [1.165, 1.54) is 6.07 Å². The second-order valence-electron chi connectivity index (χ2n) is 3.85. The molecule has 0 bridgehead atoms. The van der Waals surface area contributed by atoms with Crippen LogP contribution in [0.2, 0.25) is 0 Å². The Morgan fingerprint density at radius 3 is 2.64 bits per heavy atom. The highest BCUT2D eigenvalue weighted by Gasteiger charge is 2.19. The summed E-state index contributed by atoms with van der Waals surface area (Å²) in [6, 6.07) is 7.26. The van der Waals surface area contributed by atoms with E-state index in [0.29, 0.717) is 0 Å². The molecular formula is C10H12NO3. The first-order valence-electron chi connectivity index (χ1n) is 4.24. The van der Waals surface area contributed by atoms with Crippen LogP contribution in [0, 0.1) is 16.2 Å². The number of nitro groups is 1. The van der Waals surface area contributed by atoms with Gasteiger partial charge in [0.15, 0.2) is 5.75 Å². The first kappa shape index (κ1) is 10.5. The van der Waals surface area contributed by atoms with Gasteiger partial charge in [-0.3, -0.25) is 10.1 Å². The van der Waals surface area contributed by atoms with E-state index in [0.717, 1.165) is 0 Å². The predicted molar refractivity (Wildman–Crippen MR) is 52.3 cm³/mol. The largest absolute Gasteiger partial charge is 0.481 e. The molecule has 1 rings (SSSR count). The molecule has 14 heavy (non-hydrogen) atoms. The van der Waals surface area contributed by atoms with Gasteiger partial charge in [-0.2, -0.15) is 0 Å². The van der Waals surface area contributed by atoms with Crippen molar-refractivity contribution in [1.29, 1.82) is 0 Å². The Balaban J connectivity index is 3.02. The molecule has 0 fully saturated rings. The van der Waals surface area contributed by atoms with Gasteiger partial charge in [0.2, 0.25) is 0 Å². The smallest absolute Gasteiger partial charge is 0.318 e. The van der Waals surface area contributed by atoms with Crippen molar-refractivity contribution >= 4 is 5.69 Å². The summed E-state index contributed by atoms with van der Waals surface area (Å²) in [5.74, 6) is 0.255. The topological polar surface area (TPSA) is 52.4 Å². The fourth-order valence-corrected chi connectivity index (χ4v) is 0.968. The zero-order valence-electron chi connectivity index (χ0n) is 8.40. The molecule has 75 valence electrons. The molecule has 0 atom stereocenters. The molecule has 4 nitrogen and oxygen atoms in total. The summed E-state index contributed by atoms with van der Waals surface area (Å²) in [6.07, 6.45) is 0. The maximum atomic E-state index is 10.6. The van der Waals surface area contributed by atoms with Crippen LogP contribution >= 0.6 is 0 Å². The molecule has 0 amide bonds. The van der Waals surface area contributed by atoms with Crippen molar-refractivity contribution < 1.29 is 9.66 Å². The first-order chi connectivity index (χ1) is 6.40. The first-order valence-corrected chi connectivity index (χ1v) is 4.24. The number of benzene rings is 1. The van der Waals surface area contributed by atoms with Gasteiger partial charge in [-0.15, -0.1) is 0 Å². The molecule has 0 N–H and O–H groups in total. The minimum absolute atomic E-state index is 0.123. The van der Waals surface area contributed by atoms with E-state index in [1.807, 2.05) is 20.8 Å². The molecule has 0 spiro atoms. The Bertz CT molecular complexity index is 341. The summed E-state index contributed by atoms with van der Waals surface area (Å²) < 4.78 is 5.42. The fraction of sp³-hybridized carbons (Fsp3) is 0.400. The fourth-order valence-electron chi connectivity index (χ4n) is 0.968. The van der Waals surface area contributed by atoms with E-state index in [-0.39, 0.29) is 11.4 Å². The van der Waals surface area contributed by atoms with Crippen molar-refractivity contribution in [2.75, 3.05) is 0 Å². The maximum Gasteiger partial charge on any atom is 0.318 e. The third kappa shape index (κ3) is 2.73. The molecule has 0 aliphatic carbocycles. The van der Waals surface area contributed by atoms with Crippen LogP contribution in [0.4, 0.5) is 5.69 Å². The minimum Gasteiger partial charge on any atom is -0.481 e. The SMILES string of the molecule is CC(C)(C)Oc1ccc[c]c1[N+](=O)[O-].